The van der Waals surface area contributed by atoms with Gasteiger partial charge in [0.1, 0.15) is 17.1 Å². The predicted molar refractivity (Wildman–Crippen MR) is 105 cm³/mol. The first-order valence-electron chi connectivity index (χ1n) is 8.47. The number of nitrogens with two attached hydrogens (primary N) is 1. The summed E-state index contributed by atoms with van der Waals surface area (Å²) < 4.78 is 5.84. The first kappa shape index (κ1) is 18.1. The number of benzene rings is 2. The van der Waals surface area contributed by atoms with Gasteiger partial charge in [-0.1, -0.05) is 72.3 Å². The standard InChI is InChI=1S/C20H17ClN2O3S/c21-14-11-27-19-15(22)18(24)23(19)16(14)20(25)26-17(12-7-3-1-4-8-12)13-9-5-2-6-10-13/h1-10,15,17,19H,11,22H2. The fourth-order valence-electron chi connectivity index (χ4n) is 3.22. The number of carbonyl (C=O) groups excluding carboxylic acids is 2. The van der Waals surface area contributed by atoms with Crippen LogP contribution in [0.2, 0.25) is 0 Å². The Balaban J connectivity index is 1.65. The van der Waals surface area contributed by atoms with Crippen LogP contribution >= 0.6 is 23.4 Å². The van der Waals surface area contributed by atoms with E-state index >= 15 is 0 Å². The summed E-state index contributed by atoms with van der Waals surface area (Å²) in [5.41, 5.74) is 7.61. The second kappa shape index (κ2) is 7.38. The van der Waals surface area contributed by atoms with E-state index in [-0.39, 0.29) is 17.0 Å². The highest BCUT2D eigenvalue weighted by Gasteiger charge is 2.52. The van der Waals surface area contributed by atoms with Crippen molar-refractivity contribution in [2.24, 2.45) is 5.73 Å². The number of nitrogens with zero attached hydrogens (tertiary/aromatic N) is 1. The lowest BCUT2D eigenvalue weighted by Gasteiger charge is -2.47. The Morgan fingerprint density at radius 2 is 1.67 bits per heavy atom. The first-order chi connectivity index (χ1) is 13.1. The number of hydrogen-bond acceptors (Lipinski definition) is 5. The van der Waals surface area contributed by atoms with Crippen molar-refractivity contribution in [3.63, 3.8) is 0 Å². The molecule has 2 heterocycles. The van der Waals surface area contributed by atoms with Gasteiger partial charge in [-0.15, -0.1) is 11.8 Å². The van der Waals surface area contributed by atoms with E-state index in [2.05, 4.69) is 0 Å². The third-order valence-electron chi connectivity index (χ3n) is 4.59. The summed E-state index contributed by atoms with van der Waals surface area (Å²) in [6.07, 6.45) is -0.602. The summed E-state index contributed by atoms with van der Waals surface area (Å²) in [4.78, 5) is 26.5. The molecule has 5 nitrogen and oxygen atoms in total. The molecular formula is C20H17ClN2O3S. The Morgan fingerprint density at radius 1 is 1.11 bits per heavy atom. The lowest BCUT2D eigenvalue weighted by molar-refractivity contribution is -0.152. The van der Waals surface area contributed by atoms with Gasteiger partial charge in [0.25, 0.3) is 0 Å². The Labute approximate surface area is 166 Å². The number of rotatable bonds is 4. The third kappa shape index (κ3) is 3.25. The topological polar surface area (TPSA) is 72.6 Å². The zero-order valence-electron chi connectivity index (χ0n) is 14.2. The molecule has 0 aliphatic carbocycles. The molecule has 7 heteroatoms. The van der Waals surface area contributed by atoms with Crippen LogP contribution in [0.1, 0.15) is 17.2 Å². The number of amides is 1. The molecular weight excluding hydrogens is 384 g/mol. The number of carbonyl (C=O) groups is 2. The number of esters is 1. The minimum atomic E-state index is -0.622. The van der Waals surface area contributed by atoms with E-state index in [0.29, 0.717) is 10.8 Å². The molecule has 0 spiro atoms. The normalized spacial score (nSPS) is 21.7. The molecule has 2 atom stereocenters. The number of ether oxygens (including phenoxy) is 1. The SMILES string of the molecule is NC1C(=O)N2C(C(=O)OC(c3ccccc3)c3ccccc3)=C(Cl)CSC12. The number of halogens is 1. The second-order valence-corrected chi connectivity index (χ2v) is 7.86. The smallest absolute Gasteiger partial charge is 0.357 e. The molecule has 0 aromatic heterocycles. The van der Waals surface area contributed by atoms with E-state index in [0.717, 1.165) is 11.1 Å². The van der Waals surface area contributed by atoms with Crippen LogP contribution in [-0.4, -0.2) is 33.9 Å². The molecule has 0 saturated carbocycles. The molecule has 4 rings (SSSR count). The third-order valence-corrected chi connectivity index (χ3v) is 6.36. The molecule has 2 N–H and O–H groups in total. The van der Waals surface area contributed by atoms with Crippen molar-refractivity contribution in [2.45, 2.75) is 17.5 Å². The number of fused-ring (bicyclic) bond motifs is 1. The average molecular weight is 401 g/mol. The second-order valence-electron chi connectivity index (χ2n) is 6.30. The van der Waals surface area contributed by atoms with Gasteiger partial charge in [0.15, 0.2) is 6.10 Å². The highest BCUT2D eigenvalue weighted by atomic mass is 35.5. The molecule has 0 bridgehead atoms. The molecule has 1 fully saturated rings. The Kier molecular flexibility index (Phi) is 4.95. The number of thioether (sulfide) groups is 1. The number of β-lactam (4-membered cyclic amide) rings is 1. The first-order valence-corrected chi connectivity index (χ1v) is 9.90. The summed E-state index contributed by atoms with van der Waals surface area (Å²) in [7, 11) is 0. The van der Waals surface area contributed by atoms with E-state index in [1.54, 1.807) is 0 Å². The minimum absolute atomic E-state index is 0.101. The minimum Gasteiger partial charge on any atom is -0.448 e. The Hall–Kier alpha value is -2.28. The van der Waals surface area contributed by atoms with Gasteiger partial charge in [-0.05, 0) is 11.1 Å². The molecule has 1 saturated heterocycles. The van der Waals surface area contributed by atoms with Crippen LogP contribution in [-0.2, 0) is 14.3 Å². The molecule has 138 valence electrons. The molecule has 27 heavy (non-hydrogen) atoms. The summed E-state index contributed by atoms with van der Waals surface area (Å²) in [6.45, 7) is 0. The van der Waals surface area contributed by atoms with Crippen LogP contribution in [0.5, 0.6) is 0 Å². The molecule has 0 radical (unpaired) electrons. The van der Waals surface area contributed by atoms with Gasteiger partial charge in [-0.2, -0.15) is 0 Å². The maximum atomic E-state index is 13.0. The van der Waals surface area contributed by atoms with Crippen molar-refractivity contribution < 1.29 is 14.3 Å². The highest BCUT2D eigenvalue weighted by molar-refractivity contribution is 8.00. The summed E-state index contributed by atoms with van der Waals surface area (Å²) in [5.74, 6) is -0.508. The van der Waals surface area contributed by atoms with Crippen LogP contribution in [0, 0.1) is 0 Å². The molecule has 1 amide bonds. The van der Waals surface area contributed by atoms with E-state index < -0.39 is 18.1 Å². The summed E-state index contributed by atoms with van der Waals surface area (Å²) >= 11 is 7.73. The van der Waals surface area contributed by atoms with Gasteiger partial charge < -0.3 is 10.5 Å². The van der Waals surface area contributed by atoms with E-state index in [9.17, 15) is 9.59 Å². The highest BCUT2D eigenvalue weighted by Crippen LogP contribution is 2.41. The number of hydrogen-bond donors (Lipinski definition) is 1. The van der Waals surface area contributed by atoms with Crippen molar-refractivity contribution in [1.29, 1.82) is 0 Å². The van der Waals surface area contributed by atoms with Crippen LogP contribution in [0.3, 0.4) is 0 Å². The Morgan fingerprint density at radius 3 is 2.22 bits per heavy atom. The van der Waals surface area contributed by atoms with Crippen molar-refractivity contribution in [2.75, 3.05) is 5.75 Å². The largest absolute Gasteiger partial charge is 0.448 e. The van der Waals surface area contributed by atoms with Crippen LogP contribution < -0.4 is 5.73 Å². The van der Waals surface area contributed by atoms with E-state index in [4.69, 9.17) is 22.1 Å². The predicted octanol–water partition coefficient (Wildman–Crippen LogP) is 3.01. The van der Waals surface area contributed by atoms with Crippen LogP contribution in [0.4, 0.5) is 0 Å². The molecule has 2 aliphatic heterocycles. The summed E-state index contributed by atoms with van der Waals surface area (Å²) in [5, 5.41) is 0.0378. The van der Waals surface area contributed by atoms with Gasteiger partial charge in [-0.25, -0.2) is 4.79 Å². The van der Waals surface area contributed by atoms with Gasteiger partial charge in [0, 0.05) is 5.75 Å². The van der Waals surface area contributed by atoms with Crippen molar-refractivity contribution in [3.8, 4) is 0 Å². The molecule has 2 aromatic carbocycles. The van der Waals surface area contributed by atoms with Crippen molar-refractivity contribution >= 4 is 35.2 Å². The molecule has 2 aromatic rings. The zero-order chi connectivity index (χ0) is 19.0. The monoisotopic (exact) mass is 400 g/mol. The quantitative estimate of drug-likeness (QED) is 0.631. The lowest BCUT2D eigenvalue weighted by atomic mass is 10.0. The van der Waals surface area contributed by atoms with E-state index in [1.807, 2.05) is 60.7 Å². The van der Waals surface area contributed by atoms with E-state index in [1.165, 1.54) is 16.7 Å². The summed E-state index contributed by atoms with van der Waals surface area (Å²) in [6, 6.07) is 18.3. The van der Waals surface area contributed by atoms with Crippen molar-refractivity contribution in [3.05, 3.63) is 82.5 Å². The fourth-order valence-corrected chi connectivity index (χ4v) is 4.71. The zero-order valence-corrected chi connectivity index (χ0v) is 15.8. The van der Waals surface area contributed by atoms with Gasteiger partial charge in [0.05, 0.1) is 5.03 Å². The fraction of sp³-hybridized carbons (Fsp3) is 0.200. The van der Waals surface area contributed by atoms with Crippen LogP contribution in [0.15, 0.2) is 71.4 Å². The van der Waals surface area contributed by atoms with Crippen LogP contribution in [0.25, 0.3) is 0 Å². The molecule has 2 aliphatic rings. The van der Waals surface area contributed by atoms with Gasteiger partial charge in [-0.3, -0.25) is 9.69 Å². The van der Waals surface area contributed by atoms with Crippen molar-refractivity contribution in [1.82, 2.24) is 4.90 Å². The lowest BCUT2D eigenvalue weighted by Crippen LogP contribution is -2.68. The van der Waals surface area contributed by atoms with Gasteiger partial charge in [0.2, 0.25) is 5.91 Å². The molecule has 2 unspecified atom stereocenters. The maximum absolute atomic E-state index is 13.0. The van der Waals surface area contributed by atoms with Gasteiger partial charge >= 0.3 is 5.97 Å². The average Bonchev–Trinajstić information content (AvgIpc) is 2.72. The maximum Gasteiger partial charge on any atom is 0.357 e. The Bertz CT molecular complexity index is 864.